The van der Waals surface area contributed by atoms with Gasteiger partial charge in [0.05, 0.1) is 4.90 Å². The Labute approximate surface area is 128 Å². The first-order valence-electron chi connectivity index (χ1n) is 7.41. The zero-order valence-electron chi connectivity index (χ0n) is 12.9. The van der Waals surface area contributed by atoms with Gasteiger partial charge in [-0.3, -0.25) is 0 Å². The molecule has 21 heavy (non-hydrogen) atoms. The Morgan fingerprint density at radius 3 is 2.43 bits per heavy atom. The van der Waals surface area contributed by atoms with Gasteiger partial charge < -0.3 is 10.1 Å². The van der Waals surface area contributed by atoms with Crippen molar-refractivity contribution in [3.63, 3.8) is 0 Å². The van der Waals surface area contributed by atoms with E-state index < -0.39 is 10.0 Å². The van der Waals surface area contributed by atoms with Crippen LogP contribution in [0.2, 0.25) is 0 Å². The monoisotopic (exact) mass is 314 g/mol. The Bertz CT molecular complexity index is 486. The molecule has 0 spiro atoms. The first-order valence-corrected chi connectivity index (χ1v) is 8.89. The van der Waals surface area contributed by atoms with Crippen LogP contribution in [0.5, 0.6) is 0 Å². The van der Waals surface area contributed by atoms with Crippen LogP contribution in [0, 0.1) is 0 Å². The molecule has 0 radical (unpaired) electrons. The molecule has 0 atom stereocenters. The van der Waals surface area contributed by atoms with Crippen molar-refractivity contribution in [2.24, 2.45) is 0 Å². The highest BCUT2D eigenvalue weighted by Gasteiger charge is 2.12. The summed E-state index contributed by atoms with van der Waals surface area (Å²) in [7, 11) is -1.48. The number of ether oxygens (including phenoxy) is 1. The van der Waals surface area contributed by atoms with Gasteiger partial charge in [-0.25, -0.2) is 13.1 Å². The quantitative estimate of drug-likeness (QED) is 0.608. The van der Waals surface area contributed by atoms with E-state index in [1.807, 2.05) is 26.1 Å². The van der Waals surface area contributed by atoms with Crippen LogP contribution in [0.15, 0.2) is 29.2 Å². The summed E-state index contributed by atoms with van der Waals surface area (Å²) in [6.45, 7) is 4.50. The summed E-state index contributed by atoms with van der Waals surface area (Å²) < 4.78 is 31.9. The lowest BCUT2D eigenvalue weighted by Gasteiger charge is -2.08. The number of rotatable bonds is 11. The molecule has 5 nitrogen and oxygen atoms in total. The first-order chi connectivity index (χ1) is 10.1. The molecule has 0 unspecified atom stereocenters. The van der Waals surface area contributed by atoms with Crippen LogP contribution in [0.1, 0.15) is 25.3 Å². The van der Waals surface area contributed by atoms with E-state index in [2.05, 4.69) is 10.0 Å². The predicted octanol–water partition coefficient (Wildman–Crippen LogP) is 1.54. The van der Waals surface area contributed by atoms with Gasteiger partial charge in [-0.15, -0.1) is 0 Å². The maximum atomic E-state index is 12.1. The average molecular weight is 314 g/mol. The Morgan fingerprint density at radius 1 is 1.10 bits per heavy atom. The Balaban J connectivity index is 2.47. The van der Waals surface area contributed by atoms with E-state index >= 15 is 0 Å². The molecule has 6 heteroatoms. The number of sulfonamides is 1. The van der Waals surface area contributed by atoms with Crippen LogP contribution in [0.4, 0.5) is 0 Å². The molecule has 2 N–H and O–H groups in total. The summed E-state index contributed by atoms with van der Waals surface area (Å²) >= 11 is 0. The molecule has 0 amide bonds. The molecule has 0 aliphatic rings. The summed E-state index contributed by atoms with van der Waals surface area (Å²) in [5.41, 5.74) is 1.15. The van der Waals surface area contributed by atoms with E-state index in [9.17, 15) is 8.42 Å². The zero-order chi connectivity index (χ0) is 15.6. The van der Waals surface area contributed by atoms with Crippen LogP contribution in [0.25, 0.3) is 0 Å². The van der Waals surface area contributed by atoms with E-state index in [1.165, 1.54) is 0 Å². The second-order valence-corrected chi connectivity index (χ2v) is 6.57. The summed E-state index contributed by atoms with van der Waals surface area (Å²) in [6, 6.07) is 7.09. The van der Waals surface area contributed by atoms with Crippen molar-refractivity contribution in [3.05, 3.63) is 29.8 Å². The summed E-state index contributed by atoms with van der Waals surface area (Å²) in [4.78, 5) is 0.316. The average Bonchev–Trinajstić information content (AvgIpc) is 2.48. The van der Waals surface area contributed by atoms with Gasteiger partial charge in [-0.2, -0.15) is 0 Å². The largest absolute Gasteiger partial charge is 0.382 e. The molecule has 0 aliphatic heterocycles. The van der Waals surface area contributed by atoms with Gasteiger partial charge in [-0.05, 0) is 57.5 Å². The van der Waals surface area contributed by atoms with Crippen LogP contribution in [-0.4, -0.2) is 41.8 Å². The minimum atomic E-state index is -3.41. The van der Waals surface area contributed by atoms with Crippen molar-refractivity contribution in [2.75, 3.05) is 33.4 Å². The minimum absolute atomic E-state index is 0.316. The lowest BCUT2D eigenvalue weighted by molar-refractivity contribution is 0.146. The van der Waals surface area contributed by atoms with E-state index in [4.69, 9.17) is 4.74 Å². The van der Waals surface area contributed by atoms with Crippen molar-refractivity contribution in [2.45, 2.75) is 31.1 Å². The zero-order valence-corrected chi connectivity index (χ0v) is 13.7. The van der Waals surface area contributed by atoms with E-state index in [0.29, 0.717) is 31.1 Å². The maximum absolute atomic E-state index is 12.1. The molecule has 1 aromatic rings. The normalized spacial score (nSPS) is 11.7. The van der Waals surface area contributed by atoms with Crippen molar-refractivity contribution in [1.29, 1.82) is 0 Å². The van der Waals surface area contributed by atoms with Gasteiger partial charge in [0.25, 0.3) is 0 Å². The van der Waals surface area contributed by atoms with Gasteiger partial charge >= 0.3 is 0 Å². The third kappa shape index (κ3) is 7.04. The van der Waals surface area contributed by atoms with Crippen LogP contribution >= 0.6 is 0 Å². The van der Waals surface area contributed by atoms with Crippen molar-refractivity contribution in [1.82, 2.24) is 10.0 Å². The minimum Gasteiger partial charge on any atom is -0.382 e. The highest BCUT2D eigenvalue weighted by atomic mass is 32.2. The lowest BCUT2D eigenvalue weighted by Crippen LogP contribution is -2.25. The second-order valence-electron chi connectivity index (χ2n) is 4.80. The van der Waals surface area contributed by atoms with E-state index in [0.717, 1.165) is 24.9 Å². The highest BCUT2D eigenvalue weighted by molar-refractivity contribution is 7.89. The molecule has 120 valence electrons. The smallest absolute Gasteiger partial charge is 0.240 e. The van der Waals surface area contributed by atoms with E-state index in [1.54, 1.807) is 12.1 Å². The number of hydrogen-bond donors (Lipinski definition) is 2. The van der Waals surface area contributed by atoms with Gasteiger partial charge in [0.15, 0.2) is 0 Å². The molecule has 0 saturated heterocycles. The van der Waals surface area contributed by atoms with Crippen molar-refractivity contribution in [3.8, 4) is 0 Å². The number of hydrogen-bond acceptors (Lipinski definition) is 4. The van der Waals surface area contributed by atoms with Gasteiger partial charge in [-0.1, -0.05) is 12.1 Å². The second kappa shape index (κ2) is 9.89. The first kappa shape index (κ1) is 18.1. The third-order valence-corrected chi connectivity index (χ3v) is 4.56. The SMILES string of the molecule is CCOCCCNS(=O)(=O)c1ccc(CCCNC)cc1. The third-order valence-electron chi connectivity index (χ3n) is 3.09. The highest BCUT2D eigenvalue weighted by Crippen LogP contribution is 2.11. The molecular weight excluding hydrogens is 288 g/mol. The predicted molar refractivity (Wildman–Crippen MR) is 85.0 cm³/mol. The molecule has 1 rings (SSSR count). The molecular formula is C15H26N2O3S. The number of aryl methyl sites for hydroxylation is 1. The van der Waals surface area contributed by atoms with Crippen LogP contribution in [-0.2, 0) is 21.2 Å². The Hall–Kier alpha value is -0.950. The Kier molecular flexibility index (Phi) is 8.52. The molecule has 0 aliphatic carbocycles. The molecule has 0 fully saturated rings. The van der Waals surface area contributed by atoms with Gasteiger partial charge in [0, 0.05) is 19.8 Å². The molecule has 1 aromatic carbocycles. The van der Waals surface area contributed by atoms with Crippen LogP contribution < -0.4 is 10.0 Å². The molecule has 0 bridgehead atoms. The fraction of sp³-hybridized carbons (Fsp3) is 0.600. The lowest BCUT2D eigenvalue weighted by atomic mass is 10.1. The topological polar surface area (TPSA) is 67.4 Å². The molecule has 0 aromatic heterocycles. The number of nitrogens with one attached hydrogen (secondary N) is 2. The van der Waals surface area contributed by atoms with Gasteiger partial charge in [0.2, 0.25) is 10.0 Å². The standard InChI is InChI=1S/C15H26N2O3S/c1-3-20-13-5-12-17-21(18,19)15-9-7-14(8-10-15)6-4-11-16-2/h7-10,16-17H,3-6,11-13H2,1-2H3. The number of benzene rings is 1. The van der Waals surface area contributed by atoms with E-state index in [-0.39, 0.29) is 0 Å². The summed E-state index contributed by atoms with van der Waals surface area (Å²) in [6.07, 6.45) is 2.66. The molecule has 0 saturated carbocycles. The molecule has 0 heterocycles. The van der Waals surface area contributed by atoms with Crippen molar-refractivity contribution < 1.29 is 13.2 Å². The maximum Gasteiger partial charge on any atom is 0.240 e. The van der Waals surface area contributed by atoms with Gasteiger partial charge in [0.1, 0.15) is 0 Å². The van der Waals surface area contributed by atoms with Crippen LogP contribution in [0.3, 0.4) is 0 Å². The Morgan fingerprint density at radius 2 is 1.81 bits per heavy atom. The summed E-state index contributed by atoms with van der Waals surface area (Å²) in [5.74, 6) is 0. The summed E-state index contributed by atoms with van der Waals surface area (Å²) in [5, 5.41) is 3.10. The fourth-order valence-corrected chi connectivity index (χ4v) is 2.99. The fourth-order valence-electron chi connectivity index (χ4n) is 1.91. The van der Waals surface area contributed by atoms with Crippen molar-refractivity contribution >= 4 is 10.0 Å².